The third kappa shape index (κ3) is 4.30. The highest BCUT2D eigenvalue weighted by Gasteiger charge is 2.06. The van der Waals surface area contributed by atoms with E-state index in [0.29, 0.717) is 0 Å². The molecule has 0 spiro atoms. The molecule has 112 valence electrons. The summed E-state index contributed by atoms with van der Waals surface area (Å²) in [6.45, 7) is 10.2. The summed E-state index contributed by atoms with van der Waals surface area (Å²) in [6.07, 6.45) is 3.81. The molecule has 0 bridgehead atoms. The Morgan fingerprint density at radius 1 is 1.19 bits per heavy atom. The standard InChI is InChI=1S/C18H24N2O/c1-5-19-10-15-6-7-18(14(4)8-15)16-9-17(12-20-11-16)21-13(2)3/h6-9,11-13,19H,5,10H2,1-4H3. The minimum atomic E-state index is 0.158. The Balaban J connectivity index is 2.25. The van der Waals surface area contributed by atoms with Crippen LogP contribution in [-0.2, 0) is 6.54 Å². The lowest BCUT2D eigenvalue weighted by atomic mass is 9.99. The second-order valence-corrected chi connectivity index (χ2v) is 5.51. The molecule has 1 N–H and O–H groups in total. The minimum Gasteiger partial charge on any atom is -0.489 e. The first-order valence-electron chi connectivity index (χ1n) is 7.52. The SMILES string of the molecule is CCNCc1ccc(-c2cncc(OC(C)C)c2)c(C)c1. The van der Waals surface area contributed by atoms with Gasteiger partial charge in [0, 0.05) is 18.3 Å². The number of pyridine rings is 1. The molecule has 3 heteroatoms. The lowest BCUT2D eigenvalue weighted by Crippen LogP contribution is -2.11. The Morgan fingerprint density at radius 2 is 2.00 bits per heavy atom. The predicted octanol–water partition coefficient (Wildman–Crippen LogP) is 3.95. The summed E-state index contributed by atoms with van der Waals surface area (Å²) in [4.78, 5) is 4.29. The number of nitrogens with zero attached hydrogens (tertiary/aromatic N) is 1. The zero-order valence-electron chi connectivity index (χ0n) is 13.3. The van der Waals surface area contributed by atoms with Gasteiger partial charge in [-0.1, -0.05) is 25.1 Å². The monoisotopic (exact) mass is 284 g/mol. The third-order valence-corrected chi connectivity index (χ3v) is 3.27. The van der Waals surface area contributed by atoms with Crippen molar-refractivity contribution in [1.29, 1.82) is 0 Å². The van der Waals surface area contributed by atoms with E-state index in [2.05, 4.69) is 48.4 Å². The highest BCUT2D eigenvalue weighted by Crippen LogP contribution is 2.26. The predicted molar refractivity (Wildman–Crippen MR) is 87.6 cm³/mol. The average Bonchev–Trinajstić information content (AvgIpc) is 2.44. The number of hydrogen-bond donors (Lipinski definition) is 1. The third-order valence-electron chi connectivity index (χ3n) is 3.27. The molecule has 1 aromatic heterocycles. The van der Waals surface area contributed by atoms with Crippen LogP contribution in [0.2, 0.25) is 0 Å². The molecule has 0 aliphatic rings. The van der Waals surface area contributed by atoms with Crippen molar-refractivity contribution < 1.29 is 4.74 Å². The summed E-state index contributed by atoms with van der Waals surface area (Å²) in [7, 11) is 0. The van der Waals surface area contributed by atoms with Gasteiger partial charge in [0.05, 0.1) is 12.3 Å². The number of ether oxygens (including phenoxy) is 1. The van der Waals surface area contributed by atoms with Crippen molar-refractivity contribution >= 4 is 0 Å². The molecule has 0 fully saturated rings. The van der Waals surface area contributed by atoms with E-state index < -0.39 is 0 Å². The molecule has 0 amide bonds. The van der Waals surface area contributed by atoms with E-state index in [-0.39, 0.29) is 6.10 Å². The van der Waals surface area contributed by atoms with E-state index in [9.17, 15) is 0 Å². The van der Waals surface area contributed by atoms with E-state index in [1.165, 1.54) is 16.7 Å². The van der Waals surface area contributed by atoms with Gasteiger partial charge in [0.15, 0.2) is 0 Å². The number of benzene rings is 1. The van der Waals surface area contributed by atoms with E-state index in [0.717, 1.165) is 24.4 Å². The normalized spacial score (nSPS) is 10.9. The summed E-state index contributed by atoms with van der Waals surface area (Å²) in [5.74, 6) is 0.818. The maximum Gasteiger partial charge on any atom is 0.138 e. The molecule has 0 radical (unpaired) electrons. The lowest BCUT2D eigenvalue weighted by molar-refractivity contribution is 0.241. The molecule has 0 unspecified atom stereocenters. The van der Waals surface area contributed by atoms with Crippen LogP contribution in [0.25, 0.3) is 11.1 Å². The molecule has 0 aliphatic carbocycles. The van der Waals surface area contributed by atoms with Gasteiger partial charge in [0.2, 0.25) is 0 Å². The fourth-order valence-corrected chi connectivity index (χ4v) is 2.33. The van der Waals surface area contributed by atoms with Crippen LogP contribution in [0.5, 0.6) is 5.75 Å². The van der Waals surface area contributed by atoms with Crippen LogP contribution in [0.4, 0.5) is 0 Å². The van der Waals surface area contributed by atoms with E-state index in [4.69, 9.17) is 4.74 Å². The van der Waals surface area contributed by atoms with Gasteiger partial charge in [0.25, 0.3) is 0 Å². The smallest absolute Gasteiger partial charge is 0.138 e. The molecule has 0 atom stereocenters. The highest BCUT2D eigenvalue weighted by molar-refractivity contribution is 5.67. The van der Waals surface area contributed by atoms with Crippen molar-refractivity contribution in [2.75, 3.05) is 6.54 Å². The Bertz CT molecular complexity index is 594. The van der Waals surface area contributed by atoms with E-state index >= 15 is 0 Å². The molecule has 1 aromatic carbocycles. The Morgan fingerprint density at radius 3 is 2.67 bits per heavy atom. The Kier molecular flexibility index (Phi) is 5.34. The molecular formula is C18H24N2O. The molecule has 0 saturated carbocycles. The molecule has 2 aromatic rings. The van der Waals surface area contributed by atoms with Crippen molar-refractivity contribution in [3.63, 3.8) is 0 Å². The first-order valence-corrected chi connectivity index (χ1v) is 7.52. The topological polar surface area (TPSA) is 34.2 Å². The minimum absolute atomic E-state index is 0.158. The maximum atomic E-state index is 5.72. The summed E-state index contributed by atoms with van der Waals surface area (Å²) < 4.78 is 5.72. The average molecular weight is 284 g/mol. The van der Waals surface area contributed by atoms with Crippen molar-refractivity contribution in [2.24, 2.45) is 0 Å². The molecule has 0 saturated heterocycles. The highest BCUT2D eigenvalue weighted by atomic mass is 16.5. The van der Waals surface area contributed by atoms with Gasteiger partial charge in [-0.3, -0.25) is 4.98 Å². The van der Waals surface area contributed by atoms with Gasteiger partial charge in [-0.15, -0.1) is 0 Å². The first-order chi connectivity index (χ1) is 10.1. The molecule has 21 heavy (non-hydrogen) atoms. The fourth-order valence-electron chi connectivity index (χ4n) is 2.33. The van der Waals surface area contributed by atoms with Crippen LogP contribution in [0.3, 0.4) is 0 Å². The number of aromatic nitrogens is 1. The van der Waals surface area contributed by atoms with Crippen LogP contribution in [-0.4, -0.2) is 17.6 Å². The van der Waals surface area contributed by atoms with Crippen LogP contribution in [0, 0.1) is 6.92 Å². The number of hydrogen-bond acceptors (Lipinski definition) is 3. The first kappa shape index (κ1) is 15.5. The number of aryl methyl sites for hydroxylation is 1. The Hall–Kier alpha value is -1.87. The molecular weight excluding hydrogens is 260 g/mol. The quantitative estimate of drug-likeness (QED) is 0.872. The van der Waals surface area contributed by atoms with Gasteiger partial charge in [0.1, 0.15) is 5.75 Å². The van der Waals surface area contributed by atoms with Gasteiger partial charge in [-0.25, -0.2) is 0 Å². The van der Waals surface area contributed by atoms with Gasteiger partial charge >= 0.3 is 0 Å². The molecule has 1 heterocycles. The van der Waals surface area contributed by atoms with Gasteiger partial charge in [-0.2, -0.15) is 0 Å². The van der Waals surface area contributed by atoms with Crippen LogP contribution >= 0.6 is 0 Å². The van der Waals surface area contributed by atoms with Crippen LogP contribution in [0.1, 0.15) is 31.9 Å². The molecule has 2 rings (SSSR count). The molecule has 0 aliphatic heterocycles. The van der Waals surface area contributed by atoms with Crippen molar-refractivity contribution in [1.82, 2.24) is 10.3 Å². The van der Waals surface area contributed by atoms with Crippen molar-refractivity contribution in [2.45, 2.75) is 40.3 Å². The lowest BCUT2D eigenvalue weighted by Gasteiger charge is -2.12. The van der Waals surface area contributed by atoms with Crippen LogP contribution in [0.15, 0.2) is 36.7 Å². The summed E-state index contributed by atoms with van der Waals surface area (Å²) in [6, 6.07) is 8.62. The second-order valence-electron chi connectivity index (χ2n) is 5.51. The van der Waals surface area contributed by atoms with E-state index in [1.54, 1.807) is 6.20 Å². The second kappa shape index (κ2) is 7.23. The number of nitrogens with one attached hydrogen (secondary N) is 1. The zero-order chi connectivity index (χ0) is 15.2. The van der Waals surface area contributed by atoms with Crippen molar-refractivity contribution in [3.8, 4) is 16.9 Å². The Labute approximate surface area is 127 Å². The molecule has 3 nitrogen and oxygen atoms in total. The van der Waals surface area contributed by atoms with Crippen LogP contribution < -0.4 is 10.1 Å². The summed E-state index contributed by atoms with van der Waals surface area (Å²) in [5.41, 5.74) is 4.87. The van der Waals surface area contributed by atoms with Crippen molar-refractivity contribution in [3.05, 3.63) is 47.8 Å². The van der Waals surface area contributed by atoms with Gasteiger partial charge in [-0.05, 0) is 50.1 Å². The number of rotatable bonds is 6. The fraction of sp³-hybridized carbons (Fsp3) is 0.389. The van der Waals surface area contributed by atoms with E-state index in [1.807, 2.05) is 20.0 Å². The summed E-state index contributed by atoms with van der Waals surface area (Å²) in [5, 5.41) is 3.35. The maximum absolute atomic E-state index is 5.72. The van der Waals surface area contributed by atoms with Gasteiger partial charge < -0.3 is 10.1 Å². The summed E-state index contributed by atoms with van der Waals surface area (Å²) >= 11 is 0. The largest absolute Gasteiger partial charge is 0.489 e. The zero-order valence-corrected chi connectivity index (χ0v) is 13.3.